The van der Waals surface area contributed by atoms with Crippen LogP contribution in [0.4, 0.5) is 0 Å². The van der Waals surface area contributed by atoms with E-state index in [0.29, 0.717) is 0 Å². The second-order valence-corrected chi connectivity index (χ2v) is 7.12. The standard InChI is InChI=1S/C10H14N2O6S3/c13-8-1-2-9(14)12(8)5-4-11-10(15)7(3-6-20-19)21(16,17)18/h1-2,7,19H,3-6H2,(H,11,15)(H,16,17,18). The molecule has 118 valence electrons. The molecule has 2 N–H and O–H groups in total. The van der Waals surface area contributed by atoms with Gasteiger partial charge in [-0.2, -0.15) is 8.42 Å². The van der Waals surface area contributed by atoms with E-state index in [4.69, 9.17) is 4.55 Å². The number of nitrogens with one attached hydrogen (secondary N) is 1. The van der Waals surface area contributed by atoms with Crippen LogP contribution in [0.1, 0.15) is 6.42 Å². The van der Waals surface area contributed by atoms with Crippen molar-refractivity contribution in [1.82, 2.24) is 10.2 Å². The van der Waals surface area contributed by atoms with E-state index in [2.05, 4.69) is 17.0 Å². The van der Waals surface area contributed by atoms with Crippen molar-refractivity contribution in [1.29, 1.82) is 0 Å². The van der Waals surface area contributed by atoms with Crippen LogP contribution in [0.2, 0.25) is 0 Å². The highest BCUT2D eigenvalue weighted by Crippen LogP contribution is 2.13. The molecule has 0 saturated carbocycles. The fourth-order valence-electron chi connectivity index (χ4n) is 1.63. The van der Waals surface area contributed by atoms with Gasteiger partial charge in [-0.3, -0.25) is 23.8 Å². The summed E-state index contributed by atoms with van der Waals surface area (Å²) >= 11 is 3.83. The van der Waals surface area contributed by atoms with E-state index in [9.17, 15) is 22.8 Å². The maximum Gasteiger partial charge on any atom is 0.276 e. The van der Waals surface area contributed by atoms with Crippen LogP contribution in [-0.4, -0.2) is 59.7 Å². The SMILES string of the molecule is O=C(NCCN1C(=O)C=CC1=O)C(CCSS)S(=O)(=O)O. The average molecular weight is 354 g/mol. The lowest BCUT2D eigenvalue weighted by molar-refractivity contribution is -0.137. The highest BCUT2D eigenvalue weighted by atomic mass is 33.1. The summed E-state index contributed by atoms with van der Waals surface area (Å²) in [5.41, 5.74) is 0. The third kappa shape index (κ3) is 5.34. The summed E-state index contributed by atoms with van der Waals surface area (Å²) in [6.07, 6.45) is 2.12. The first-order valence-corrected chi connectivity index (χ1v) is 9.35. The molecule has 3 amide bonds. The quantitative estimate of drug-likeness (QED) is 0.227. The number of amides is 3. The number of rotatable bonds is 8. The van der Waals surface area contributed by atoms with Crippen LogP contribution in [0, 0.1) is 0 Å². The molecule has 0 aromatic heterocycles. The van der Waals surface area contributed by atoms with E-state index in [-0.39, 0.29) is 25.3 Å². The van der Waals surface area contributed by atoms with Crippen LogP contribution < -0.4 is 5.32 Å². The summed E-state index contributed by atoms with van der Waals surface area (Å²) in [6.45, 7) is -0.173. The van der Waals surface area contributed by atoms with Crippen molar-refractivity contribution < 1.29 is 27.4 Å². The maximum absolute atomic E-state index is 11.7. The summed E-state index contributed by atoms with van der Waals surface area (Å²) in [5.74, 6) is -1.61. The average Bonchev–Trinajstić information content (AvgIpc) is 2.69. The van der Waals surface area contributed by atoms with Gasteiger partial charge in [-0.1, -0.05) is 10.8 Å². The monoisotopic (exact) mass is 354 g/mol. The van der Waals surface area contributed by atoms with Gasteiger partial charge in [0.05, 0.1) is 0 Å². The third-order valence-corrected chi connectivity index (χ3v) is 4.79. The van der Waals surface area contributed by atoms with Crippen LogP contribution in [0.3, 0.4) is 0 Å². The molecule has 0 fully saturated rings. The van der Waals surface area contributed by atoms with Gasteiger partial charge < -0.3 is 5.32 Å². The largest absolute Gasteiger partial charge is 0.353 e. The Bertz CT molecular complexity index is 541. The second-order valence-electron chi connectivity index (χ2n) is 4.08. The fourth-order valence-corrected chi connectivity index (χ4v) is 3.21. The maximum atomic E-state index is 11.7. The Labute approximate surface area is 130 Å². The van der Waals surface area contributed by atoms with Crippen LogP contribution >= 0.6 is 22.5 Å². The number of imide groups is 1. The molecule has 1 aliphatic rings. The Morgan fingerprint density at radius 2 is 1.95 bits per heavy atom. The number of hydrogen-bond acceptors (Lipinski definition) is 7. The van der Waals surface area contributed by atoms with Crippen molar-refractivity contribution in [2.75, 3.05) is 18.8 Å². The van der Waals surface area contributed by atoms with Crippen molar-refractivity contribution in [2.45, 2.75) is 11.7 Å². The van der Waals surface area contributed by atoms with E-state index < -0.39 is 33.1 Å². The van der Waals surface area contributed by atoms with Gasteiger partial charge >= 0.3 is 0 Å². The first kappa shape index (κ1) is 18.0. The van der Waals surface area contributed by atoms with Crippen molar-refractivity contribution in [3.05, 3.63) is 12.2 Å². The highest BCUT2D eigenvalue weighted by molar-refractivity contribution is 8.68. The molecule has 0 saturated heterocycles. The van der Waals surface area contributed by atoms with Crippen LogP contribution in [0.15, 0.2) is 12.2 Å². The van der Waals surface area contributed by atoms with Gasteiger partial charge in [0, 0.05) is 31.0 Å². The summed E-state index contributed by atoms with van der Waals surface area (Å²) in [7, 11) is -3.49. The lowest BCUT2D eigenvalue weighted by Crippen LogP contribution is -2.44. The number of carbonyl (C=O) groups excluding carboxylic acids is 3. The molecule has 0 bridgehead atoms. The first-order chi connectivity index (χ1) is 9.77. The lowest BCUT2D eigenvalue weighted by Gasteiger charge is -2.16. The number of hydrogen-bond donors (Lipinski definition) is 3. The van der Waals surface area contributed by atoms with Gasteiger partial charge in [0.1, 0.15) is 0 Å². The number of carbonyl (C=O) groups is 3. The molecule has 1 unspecified atom stereocenters. The molecule has 8 nitrogen and oxygen atoms in total. The molecule has 0 aromatic carbocycles. The molecule has 1 heterocycles. The third-order valence-electron chi connectivity index (χ3n) is 2.66. The molecule has 0 aliphatic carbocycles. The normalized spacial score (nSPS) is 16.4. The van der Waals surface area contributed by atoms with Crippen LogP contribution in [0.5, 0.6) is 0 Å². The molecule has 0 spiro atoms. The molecule has 1 aliphatic heterocycles. The minimum absolute atomic E-state index is 0.0735. The van der Waals surface area contributed by atoms with Gasteiger partial charge in [0.15, 0.2) is 5.25 Å². The summed E-state index contributed by atoms with van der Waals surface area (Å²) in [4.78, 5) is 35.2. The van der Waals surface area contributed by atoms with Gasteiger partial charge in [0.2, 0.25) is 5.91 Å². The van der Waals surface area contributed by atoms with Gasteiger partial charge in [-0.25, -0.2) is 0 Å². The first-order valence-electron chi connectivity index (χ1n) is 5.81. The van der Waals surface area contributed by atoms with Crippen molar-refractivity contribution in [3.63, 3.8) is 0 Å². The topological polar surface area (TPSA) is 121 Å². The van der Waals surface area contributed by atoms with E-state index in [0.717, 1.165) is 27.8 Å². The van der Waals surface area contributed by atoms with E-state index >= 15 is 0 Å². The van der Waals surface area contributed by atoms with Gasteiger partial charge in [-0.05, 0) is 6.42 Å². The molecule has 1 rings (SSSR count). The van der Waals surface area contributed by atoms with Crippen LogP contribution in [0.25, 0.3) is 0 Å². The Hall–Kier alpha value is -1.04. The van der Waals surface area contributed by atoms with E-state index in [1.807, 2.05) is 0 Å². The number of thiol groups is 1. The predicted molar refractivity (Wildman–Crippen MR) is 80.3 cm³/mol. The molecular weight excluding hydrogens is 340 g/mol. The zero-order valence-electron chi connectivity index (χ0n) is 10.8. The highest BCUT2D eigenvalue weighted by Gasteiger charge is 2.31. The Morgan fingerprint density at radius 1 is 1.38 bits per heavy atom. The molecule has 1 atom stereocenters. The van der Waals surface area contributed by atoms with Gasteiger partial charge in [-0.15, -0.1) is 11.7 Å². The predicted octanol–water partition coefficient (Wildman–Crippen LogP) is -0.748. The van der Waals surface area contributed by atoms with Crippen molar-refractivity contribution in [3.8, 4) is 0 Å². The Morgan fingerprint density at radius 3 is 2.43 bits per heavy atom. The number of nitrogens with zero attached hydrogens (tertiary/aromatic N) is 1. The molecule has 0 aromatic rings. The van der Waals surface area contributed by atoms with Crippen LogP contribution in [-0.2, 0) is 24.5 Å². The van der Waals surface area contributed by atoms with E-state index in [1.165, 1.54) is 0 Å². The molecular formula is C10H14N2O6S3. The fraction of sp³-hybridized carbons (Fsp3) is 0.500. The summed E-state index contributed by atoms with van der Waals surface area (Å²) < 4.78 is 31.3. The van der Waals surface area contributed by atoms with Gasteiger partial charge in [0.25, 0.3) is 21.9 Å². The zero-order chi connectivity index (χ0) is 16.0. The zero-order valence-corrected chi connectivity index (χ0v) is 13.3. The molecule has 11 heteroatoms. The van der Waals surface area contributed by atoms with E-state index in [1.54, 1.807) is 0 Å². The van der Waals surface area contributed by atoms with Crippen molar-refractivity contribution >= 4 is 50.3 Å². The smallest absolute Gasteiger partial charge is 0.276 e. The Balaban J connectivity index is 2.51. The minimum Gasteiger partial charge on any atom is -0.353 e. The van der Waals surface area contributed by atoms with Crippen molar-refractivity contribution in [2.24, 2.45) is 0 Å². The molecule has 0 radical (unpaired) electrons. The lowest BCUT2D eigenvalue weighted by atomic mass is 10.3. The molecule has 21 heavy (non-hydrogen) atoms. The second kappa shape index (κ2) is 7.82. The summed E-state index contributed by atoms with van der Waals surface area (Å²) in [6, 6.07) is 0. The Kier molecular flexibility index (Phi) is 6.71. The minimum atomic E-state index is -4.53. The summed E-state index contributed by atoms with van der Waals surface area (Å²) in [5, 5.41) is 0.683.